The quantitative estimate of drug-likeness (QED) is 0.884. The van der Waals surface area contributed by atoms with E-state index in [1.807, 2.05) is 0 Å². The van der Waals surface area contributed by atoms with Crippen molar-refractivity contribution in [1.29, 1.82) is 0 Å². The third kappa shape index (κ3) is 3.08. The van der Waals surface area contributed by atoms with Crippen LogP contribution < -0.4 is 4.74 Å². The molecule has 0 saturated carbocycles. The van der Waals surface area contributed by atoms with Crippen LogP contribution in [0, 0.1) is 18.6 Å². The Morgan fingerprint density at radius 3 is 2.45 bits per heavy atom. The van der Waals surface area contributed by atoms with Gasteiger partial charge in [-0.2, -0.15) is 0 Å². The van der Waals surface area contributed by atoms with Gasteiger partial charge in [0.05, 0.1) is 11.1 Å². The van der Waals surface area contributed by atoms with Crippen LogP contribution in [-0.2, 0) is 0 Å². The predicted octanol–water partition coefficient (Wildman–Crippen LogP) is 4.77. The van der Waals surface area contributed by atoms with Gasteiger partial charge in [0.2, 0.25) is 0 Å². The van der Waals surface area contributed by atoms with Crippen molar-refractivity contribution in [2.24, 2.45) is 0 Å². The summed E-state index contributed by atoms with van der Waals surface area (Å²) in [5.41, 5.74) is 0.700. The van der Waals surface area contributed by atoms with Gasteiger partial charge in [0.25, 0.3) is 0 Å². The monoisotopic (exact) mass is 298 g/mol. The Labute approximate surface area is 120 Å². The zero-order valence-corrected chi connectivity index (χ0v) is 11.7. The topological polar surface area (TPSA) is 29.5 Å². The minimum Gasteiger partial charge on any atom is -0.457 e. The van der Waals surface area contributed by atoms with E-state index in [-0.39, 0.29) is 5.02 Å². The molecule has 2 aromatic carbocycles. The minimum atomic E-state index is -0.893. The average molecular weight is 299 g/mol. The molecule has 2 rings (SSSR count). The molecule has 0 spiro atoms. The fourth-order valence-electron chi connectivity index (χ4n) is 1.75. The van der Waals surface area contributed by atoms with Crippen LogP contribution in [0.15, 0.2) is 30.3 Å². The van der Waals surface area contributed by atoms with Crippen molar-refractivity contribution in [2.75, 3.05) is 0 Å². The second-order valence-corrected chi connectivity index (χ2v) is 4.90. The highest BCUT2D eigenvalue weighted by atomic mass is 35.5. The number of hydrogen-bond donors (Lipinski definition) is 1. The van der Waals surface area contributed by atoms with Gasteiger partial charge in [-0.05, 0) is 43.7 Å². The van der Waals surface area contributed by atoms with Gasteiger partial charge in [-0.25, -0.2) is 8.78 Å². The van der Waals surface area contributed by atoms with Crippen LogP contribution in [0.1, 0.15) is 24.2 Å². The zero-order valence-electron chi connectivity index (χ0n) is 11.0. The lowest BCUT2D eigenvalue weighted by Crippen LogP contribution is -1.99. The molecule has 0 aliphatic rings. The summed E-state index contributed by atoms with van der Waals surface area (Å²) < 4.78 is 32.2. The van der Waals surface area contributed by atoms with E-state index < -0.39 is 17.7 Å². The first kappa shape index (κ1) is 14.8. The van der Waals surface area contributed by atoms with Crippen molar-refractivity contribution >= 4 is 11.6 Å². The van der Waals surface area contributed by atoms with E-state index in [9.17, 15) is 13.9 Å². The second-order valence-electron chi connectivity index (χ2n) is 4.49. The predicted molar refractivity (Wildman–Crippen MR) is 73.3 cm³/mol. The van der Waals surface area contributed by atoms with Crippen LogP contribution in [0.25, 0.3) is 0 Å². The summed E-state index contributed by atoms with van der Waals surface area (Å²) in [7, 11) is 0. The molecule has 0 aliphatic heterocycles. The molecule has 0 saturated heterocycles. The highest BCUT2D eigenvalue weighted by Gasteiger charge is 2.14. The van der Waals surface area contributed by atoms with E-state index >= 15 is 0 Å². The van der Waals surface area contributed by atoms with E-state index in [0.29, 0.717) is 22.6 Å². The summed E-state index contributed by atoms with van der Waals surface area (Å²) >= 11 is 5.67. The molecular formula is C15H13ClF2O2. The Morgan fingerprint density at radius 1 is 1.15 bits per heavy atom. The number of benzene rings is 2. The Bertz CT molecular complexity index is 642. The van der Waals surface area contributed by atoms with Crippen LogP contribution in [0.5, 0.6) is 11.5 Å². The van der Waals surface area contributed by atoms with E-state index in [2.05, 4.69) is 0 Å². The molecule has 1 unspecified atom stereocenters. The zero-order chi connectivity index (χ0) is 14.9. The minimum absolute atomic E-state index is 0.0695. The van der Waals surface area contributed by atoms with Gasteiger partial charge >= 0.3 is 0 Å². The standard InChI is InChI=1S/C15H13ClF2O2/c1-8-5-15(11(9(2)19)7-14(8)18)20-10-3-4-13(17)12(16)6-10/h3-7,9,19H,1-2H3. The Balaban J connectivity index is 2.41. The van der Waals surface area contributed by atoms with Gasteiger partial charge in [-0.15, -0.1) is 0 Å². The number of aliphatic hydroxyl groups excluding tert-OH is 1. The number of aliphatic hydroxyl groups is 1. The van der Waals surface area contributed by atoms with Gasteiger partial charge in [0.15, 0.2) is 0 Å². The van der Waals surface area contributed by atoms with E-state index in [1.54, 1.807) is 6.92 Å². The van der Waals surface area contributed by atoms with Crippen LogP contribution in [-0.4, -0.2) is 5.11 Å². The number of rotatable bonds is 3. The Hall–Kier alpha value is -1.65. The second kappa shape index (κ2) is 5.77. The Kier molecular flexibility index (Phi) is 4.26. The van der Waals surface area contributed by atoms with E-state index in [4.69, 9.17) is 16.3 Å². The summed E-state index contributed by atoms with van der Waals surface area (Å²) in [6, 6.07) is 6.61. The summed E-state index contributed by atoms with van der Waals surface area (Å²) in [6.45, 7) is 3.10. The fourth-order valence-corrected chi connectivity index (χ4v) is 1.92. The summed E-state index contributed by atoms with van der Waals surface area (Å²) in [5, 5.41) is 9.59. The molecule has 20 heavy (non-hydrogen) atoms. The van der Waals surface area contributed by atoms with Gasteiger partial charge in [0, 0.05) is 11.6 Å². The molecular weight excluding hydrogens is 286 g/mol. The largest absolute Gasteiger partial charge is 0.457 e. The van der Waals surface area contributed by atoms with Gasteiger partial charge < -0.3 is 9.84 Å². The van der Waals surface area contributed by atoms with Crippen LogP contribution in [0.4, 0.5) is 8.78 Å². The maximum atomic E-state index is 13.5. The highest BCUT2D eigenvalue weighted by molar-refractivity contribution is 6.30. The average Bonchev–Trinajstić information content (AvgIpc) is 2.37. The molecule has 1 atom stereocenters. The van der Waals surface area contributed by atoms with E-state index in [0.717, 1.165) is 0 Å². The molecule has 0 aromatic heterocycles. The van der Waals surface area contributed by atoms with Crippen molar-refractivity contribution in [3.63, 3.8) is 0 Å². The van der Waals surface area contributed by atoms with Gasteiger partial charge in [0.1, 0.15) is 23.1 Å². The molecule has 0 bridgehead atoms. The van der Waals surface area contributed by atoms with Crippen molar-refractivity contribution in [3.8, 4) is 11.5 Å². The molecule has 2 aromatic rings. The molecule has 2 nitrogen and oxygen atoms in total. The smallest absolute Gasteiger partial charge is 0.142 e. The maximum Gasteiger partial charge on any atom is 0.142 e. The third-order valence-electron chi connectivity index (χ3n) is 2.86. The highest BCUT2D eigenvalue weighted by Crippen LogP contribution is 2.33. The SMILES string of the molecule is Cc1cc(Oc2ccc(F)c(Cl)c2)c(C(C)O)cc1F. The third-order valence-corrected chi connectivity index (χ3v) is 3.15. The van der Waals surface area contributed by atoms with Crippen LogP contribution >= 0.6 is 11.6 Å². The van der Waals surface area contributed by atoms with E-state index in [1.165, 1.54) is 37.3 Å². The number of aryl methyl sites for hydroxylation is 1. The number of halogens is 3. The summed E-state index contributed by atoms with van der Waals surface area (Å²) in [6.07, 6.45) is -0.893. The number of ether oxygens (including phenoxy) is 1. The lowest BCUT2D eigenvalue weighted by molar-refractivity contribution is 0.195. The molecule has 0 fully saturated rings. The molecule has 0 amide bonds. The Morgan fingerprint density at radius 2 is 1.85 bits per heavy atom. The lowest BCUT2D eigenvalue weighted by Gasteiger charge is -2.15. The van der Waals surface area contributed by atoms with Crippen LogP contribution in [0.3, 0.4) is 0 Å². The molecule has 106 valence electrons. The first-order valence-electron chi connectivity index (χ1n) is 5.99. The van der Waals surface area contributed by atoms with Crippen molar-refractivity contribution in [1.82, 2.24) is 0 Å². The maximum absolute atomic E-state index is 13.5. The number of hydrogen-bond acceptors (Lipinski definition) is 2. The fraction of sp³-hybridized carbons (Fsp3) is 0.200. The summed E-state index contributed by atoms with van der Waals surface area (Å²) in [4.78, 5) is 0. The van der Waals surface area contributed by atoms with Crippen molar-refractivity contribution in [2.45, 2.75) is 20.0 Å². The van der Waals surface area contributed by atoms with Crippen molar-refractivity contribution < 1.29 is 18.6 Å². The van der Waals surface area contributed by atoms with Gasteiger partial charge in [-0.1, -0.05) is 11.6 Å². The molecule has 5 heteroatoms. The first-order chi connectivity index (χ1) is 9.38. The lowest BCUT2D eigenvalue weighted by atomic mass is 10.1. The van der Waals surface area contributed by atoms with Crippen LogP contribution in [0.2, 0.25) is 5.02 Å². The normalized spacial score (nSPS) is 12.3. The molecule has 1 N–H and O–H groups in total. The molecule has 0 radical (unpaired) electrons. The molecule has 0 heterocycles. The molecule has 0 aliphatic carbocycles. The van der Waals surface area contributed by atoms with Gasteiger partial charge in [-0.3, -0.25) is 0 Å². The summed E-state index contributed by atoms with van der Waals surface area (Å²) in [5.74, 6) is -0.360. The van der Waals surface area contributed by atoms with Crippen molar-refractivity contribution in [3.05, 3.63) is 58.1 Å². The first-order valence-corrected chi connectivity index (χ1v) is 6.37.